The summed E-state index contributed by atoms with van der Waals surface area (Å²) in [5.41, 5.74) is 0.709. The van der Waals surface area contributed by atoms with E-state index in [-0.39, 0.29) is 12.3 Å². The van der Waals surface area contributed by atoms with Crippen LogP contribution in [0.3, 0.4) is 0 Å². The first-order valence-electron chi connectivity index (χ1n) is 5.40. The fourth-order valence-electron chi connectivity index (χ4n) is 1.71. The molecule has 0 aromatic heterocycles. The Kier molecular flexibility index (Phi) is 3.27. The summed E-state index contributed by atoms with van der Waals surface area (Å²) in [5, 5.41) is 11.3. The first-order chi connectivity index (χ1) is 8.15. The van der Waals surface area contributed by atoms with E-state index in [1.54, 1.807) is 24.3 Å². The third-order valence-corrected chi connectivity index (χ3v) is 2.56. The van der Waals surface area contributed by atoms with E-state index in [0.717, 1.165) is 0 Å². The molecule has 0 bridgehead atoms. The summed E-state index contributed by atoms with van der Waals surface area (Å²) in [6.07, 6.45) is 0.222. The Morgan fingerprint density at radius 1 is 1.41 bits per heavy atom. The van der Waals surface area contributed by atoms with Crippen LogP contribution in [0.1, 0.15) is 12.0 Å². The van der Waals surface area contributed by atoms with Gasteiger partial charge in [-0.2, -0.15) is 0 Å². The largest absolute Gasteiger partial charge is 0.481 e. The molecule has 1 fully saturated rings. The lowest BCUT2D eigenvalue weighted by atomic mass is 10.1. The van der Waals surface area contributed by atoms with Crippen LogP contribution in [0.2, 0.25) is 0 Å². The molecule has 0 aliphatic carbocycles. The Labute approximate surface area is 98.4 Å². The van der Waals surface area contributed by atoms with Gasteiger partial charge >= 0.3 is 5.97 Å². The van der Waals surface area contributed by atoms with Gasteiger partial charge in [-0.05, 0) is 17.7 Å². The number of benzene rings is 1. The summed E-state index contributed by atoms with van der Waals surface area (Å²) in [4.78, 5) is 21.8. The number of ether oxygens (including phenoxy) is 1. The second-order valence-electron chi connectivity index (χ2n) is 3.90. The zero-order valence-corrected chi connectivity index (χ0v) is 9.18. The minimum absolute atomic E-state index is 0.00973. The fraction of sp³-hybridized carbons (Fsp3) is 0.333. The summed E-state index contributed by atoms with van der Waals surface area (Å²) in [5.74, 6) is -0.380. The smallest absolute Gasteiger partial charge is 0.307 e. The molecule has 1 aromatic carbocycles. The molecule has 0 spiro atoms. The number of aliphatic carboxylic acids is 1. The monoisotopic (exact) mass is 235 g/mol. The van der Waals surface area contributed by atoms with Crippen molar-refractivity contribution in [2.75, 3.05) is 6.54 Å². The van der Waals surface area contributed by atoms with Crippen molar-refractivity contribution in [2.24, 2.45) is 0 Å². The van der Waals surface area contributed by atoms with Gasteiger partial charge in [0.25, 0.3) is 5.91 Å². The van der Waals surface area contributed by atoms with Crippen molar-refractivity contribution < 1.29 is 19.4 Å². The summed E-state index contributed by atoms with van der Waals surface area (Å²) in [6.45, 7) is 0.639. The molecule has 0 radical (unpaired) electrons. The van der Waals surface area contributed by atoms with Gasteiger partial charge in [0, 0.05) is 13.0 Å². The standard InChI is InChI=1S/C12H13NO4/c14-11(15)7-8-1-3-9(4-2-8)17-10-5-6-13-12(10)16/h1-4,10H,5-7H2,(H,13,16)(H,14,15). The molecule has 5 heteroatoms. The van der Waals surface area contributed by atoms with E-state index in [1.165, 1.54) is 0 Å². The fourth-order valence-corrected chi connectivity index (χ4v) is 1.71. The van der Waals surface area contributed by atoms with Gasteiger partial charge in [0.15, 0.2) is 6.10 Å². The number of carbonyl (C=O) groups is 2. The lowest BCUT2D eigenvalue weighted by molar-refractivity contribution is -0.136. The molecule has 1 saturated heterocycles. The summed E-state index contributed by atoms with van der Waals surface area (Å²) in [7, 11) is 0. The zero-order valence-electron chi connectivity index (χ0n) is 9.18. The summed E-state index contributed by atoms with van der Waals surface area (Å²) >= 11 is 0. The van der Waals surface area contributed by atoms with Crippen LogP contribution in [0.5, 0.6) is 5.75 Å². The van der Waals surface area contributed by atoms with Crippen LogP contribution in [-0.2, 0) is 16.0 Å². The maximum Gasteiger partial charge on any atom is 0.307 e. The zero-order chi connectivity index (χ0) is 12.3. The van der Waals surface area contributed by atoms with E-state index in [0.29, 0.717) is 24.3 Å². The van der Waals surface area contributed by atoms with Crippen LogP contribution in [0, 0.1) is 0 Å². The maximum atomic E-state index is 11.3. The second-order valence-corrected chi connectivity index (χ2v) is 3.90. The van der Waals surface area contributed by atoms with Crippen molar-refractivity contribution in [3.63, 3.8) is 0 Å². The highest BCUT2D eigenvalue weighted by atomic mass is 16.5. The molecular formula is C12H13NO4. The lowest BCUT2D eigenvalue weighted by Crippen LogP contribution is -2.27. The highest BCUT2D eigenvalue weighted by molar-refractivity contribution is 5.83. The second kappa shape index (κ2) is 4.86. The molecule has 90 valence electrons. The Balaban J connectivity index is 1.98. The van der Waals surface area contributed by atoms with E-state index in [1.807, 2.05) is 0 Å². The number of amides is 1. The van der Waals surface area contributed by atoms with E-state index in [9.17, 15) is 9.59 Å². The Morgan fingerprint density at radius 3 is 2.65 bits per heavy atom. The molecule has 1 amide bonds. The topological polar surface area (TPSA) is 75.6 Å². The van der Waals surface area contributed by atoms with Gasteiger partial charge in [-0.25, -0.2) is 0 Å². The summed E-state index contributed by atoms with van der Waals surface area (Å²) in [6, 6.07) is 6.75. The van der Waals surface area contributed by atoms with Crippen molar-refractivity contribution in [1.82, 2.24) is 5.32 Å². The number of nitrogens with one attached hydrogen (secondary N) is 1. The number of rotatable bonds is 4. The number of carbonyl (C=O) groups excluding carboxylic acids is 1. The predicted molar refractivity (Wildman–Crippen MR) is 59.8 cm³/mol. The van der Waals surface area contributed by atoms with Gasteiger partial charge in [-0.3, -0.25) is 9.59 Å². The van der Waals surface area contributed by atoms with Gasteiger partial charge in [-0.15, -0.1) is 0 Å². The third-order valence-electron chi connectivity index (χ3n) is 2.56. The van der Waals surface area contributed by atoms with Gasteiger partial charge in [0.2, 0.25) is 0 Å². The van der Waals surface area contributed by atoms with Gasteiger partial charge < -0.3 is 15.2 Å². The van der Waals surface area contributed by atoms with Gasteiger partial charge in [-0.1, -0.05) is 12.1 Å². The van der Waals surface area contributed by atoms with Crippen molar-refractivity contribution in [3.05, 3.63) is 29.8 Å². The first-order valence-corrected chi connectivity index (χ1v) is 5.40. The molecule has 17 heavy (non-hydrogen) atoms. The van der Waals surface area contributed by atoms with E-state index < -0.39 is 12.1 Å². The van der Waals surface area contributed by atoms with Crippen molar-refractivity contribution >= 4 is 11.9 Å². The normalized spacial score (nSPS) is 18.8. The quantitative estimate of drug-likeness (QED) is 0.800. The molecule has 1 heterocycles. The number of hydrogen-bond acceptors (Lipinski definition) is 3. The van der Waals surface area contributed by atoms with Crippen molar-refractivity contribution in [3.8, 4) is 5.75 Å². The Morgan fingerprint density at radius 2 is 2.12 bits per heavy atom. The Bertz CT molecular complexity index is 427. The van der Waals surface area contributed by atoms with Crippen LogP contribution in [-0.4, -0.2) is 29.6 Å². The highest BCUT2D eigenvalue weighted by Crippen LogP contribution is 2.16. The molecule has 5 nitrogen and oxygen atoms in total. The SMILES string of the molecule is O=C(O)Cc1ccc(OC2CCNC2=O)cc1. The number of carboxylic acid groups (broad SMARTS) is 1. The Hall–Kier alpha value is -2.04. The molecule has 1 atom stereocenters. The van der Waals surface area contributed by atoms with Crippen LogP contribution < -0.4 is 10.1 Å². The highest BCUT2D eigenvalue weighted by Gasteiger charge is 2.25. The minimum Gasteiger partial charge on any atom is -0.481 e. The molecule has 0 saturated carbocycles. The minimum atomic E-state index is -0.867. The lowest BCUT2D eigenvalue weighted by Gasteiger charge is -2.11. The van der Waals surface area contributed by atoms with E-state index in [4.69, 9.17) is 9.84 Å². The summed E-state index contributed by atoms with van der Waals surface area (Å²) < 4.78 is 5.49. The average Bonchev–Trinajstić information content (AvgIpc) is 2.67. The van der Waals surface area contributed by atoms with Gasteiger partial charge in [0.05, 0.1) is 6.42 Å². The van der Waals surface area contributed by atoms with Crippen LogP contribution in [0.4, 0.5) is 0 Å². The molecular weight excluding hydrogens is 222 g/mol. The molecule has 2 rings (SSSR count). The molecule has 1 unspecified atom stereocenters. The number of hydrogen-bond donors (Lipinski definition) is 2. The third kappa shape index (κ3) is 2.96. The van der Waals surface area contributed by atoms with E-state index >= 15 is 0 Å². The predicted octanol–water partition coefficient (Wildman–Crippen LogP) is 0.581. The molecule has 1 aromatic rings. The maximum absolute atomic E-state index is 11.3. The molecule has 1 aliphatic rings. The molecule has 2 N–H and O–H groups in total. The van der Waals surface area contributed by atoms with E-state index in [2.05, 4.69) is 5.32 Å². The molecule has 1 aliphatic heterocycles. The van der Waals surface area contributed by atoms with Crippen LogP contribution in [0.15, 0.2) is 24.3 Å². The van der Waals surface area contributed by atoms with Gasteiger partial charge in [0.1, 0.15) is 5.75 Å². The van der Waals surface area contributed by atoms with Crippen molar-refractivity contribution in [2.45, 2.75) is 18.9 Å². The average molecular weight is 235 g/mol. The van der Waals surface area contributed by atoms with Crippen LogP contribution in [0.25, 0.3) is 0 Å². The van der Waals surface area contributed by atoms with Crippen molar-refractivity contribution in [1.29, 1.82) is 0 Å². The first kappa shape index (κ1) is 11.4. The van der Waals surface area contributed by atoms with Crippen LogP contribution >= 0.6 is 0 Å². The number of carboxylic acids is 1.